The number of rotatable bonds is 3. The highest BCUT2D eigenvalue weighted by Gasteiger charge is 2.14. The molecule has 0 radical (unpaired) electrons. The van der Waals surface area contributed by atoms with Crippen molar-refractivity contribution in [2.24, 2.45) is 0 Å². The lowest BCUT2D eigenvalue weighted by Gasteiger charge is -2.19. The molecular formula is C13H18N2O. The van der Waals surface area contributed by atoms with Gasteiger partial charge in [-0.1, -0.05) is 19.1 Å². The second-order valence-electron chi connectivity index (χ2n) is 4.37. The Morgan fingerprint density at radius 2 is 2.19 bits per heavy atom. The van der Waals surface area contributed by atoms with Gasteiger partial charge < -0.3 is 10.2 Å². The van der Waals surface area contributed by atoms with Crippen molar-refractivity contribution in [2.45, 2.75) is 26.3 Å². The third-order valence-corrected chi connectivity index (χ3v) is 3.06. The summed E-state index contributed by atoms with van der Waals surface area (Å²) < 4.78 is 0. The van der Waals surface area contributed by atoms with Crippen molar-refractivity contribution in [1.29, 1.82) is 0 Å². The van der Waals surface area contributed by atoms with Gasteiger partial charge in [-0.2, -0.15) is 0 Å². The Kier molecular flexibility index (Phi) is 3.25. The third kappa shape index (κ3) is 2.42. The van der Waals surface area contributed by atoms with E-state index < -0.39 is 0 Å². The zero-order valence-corrected chi connectivity index (χ0v) is 9.92. The van der Waals surface area contributed by atoms with Gasteiger partial charge in [0.1, 0.15) is 0 Å². The van der Waals surface area contributed by atoms with E-state index in [1.807, 2.05) is 6.07 Å². The van der Waals surface area contributed by atoms with Crippen LogP contribution in [0.1, 0.15) is 24.5 Å². The van der Waals surface area contributed by atoms with Crippen molar-refractivity contribution in [3.63, 3.8) is 0 Å². The first-order chi connectivity index (χ1) is 7.69. The number of aryl methyl sites for hydroxylation is 1. The molecule has 1 aromatic rings. The highest BCUT2D eigenvalue weighted by molar-refractivity contribution is 5.93. The van der Waals surface area contributed by atoms with Crippen LogP contribution in [0.25, 0.3) is 0 Å². The maximum absolute atomic E-state index is 11.2. The van der Waals surface area contributed by atoms with Gasteiger partial charge in [0.05, 0.1) is 0 Å². The van der Waals surface area contributed by atoms with Crippen LogP contribution in [0.2, 0.25) is 0 Å². The van der Waals surface area contributed by atoms with Crippen LogP contribution >= 0.6 is 0 Å². The number of nitrogens with zero attached hydrogens (tertiary/aromatic N) is 1. The van der Waals surface area contributed by atoms with E-state index in [2.05, 4.69) is 36.3 Å². The number of carbonyl (C=O) groups is 1. The first kappa shape index (κ1) is 11.1. The fourth-order valence-electron chi connectivity index (χ4n) is 1.96. The fraction of sp³-hybridized carbons (Fsp3) is 0.462. The summed E-state index contributed by atoms with van der Waals surface area (Å²) in [4.78, 5) is 13.5. The molecule has 2 rings (SSSR count). The molecule has 0 fully saturated rings. The SMILES string of the molecule is CCN(C)Cc1ccc2c(c1)CCC(=O)N2. The molecule has 1 heterocycles. The predicted octanol–water partition coefficient (Wildman–Crippen LogP) is 2.02. The second kappa shape index (κ2) is 4.66. The normalized spacial score (nSPS) is 14.8. The first-order valence-electron chi connectivity index (χ1n) is 5.79. The van der Waals surface area contributed by atoms with E-state index in [9.17, 15) is 4.79 Å². The molecule has 1 aromatic carbocycles. The van der Waals surface area contributed by atoms with Crippen molar-refractivity contribution >= 4 is 11.6 Å². The number of benzene rings is 1. The molecule has 3 nitrogen and oxygen atoms in total. The lowest BCUT2D eigenvalue weighted by molar-refractivity contribution is -0.116. The minimum atomic E-state index is 0.130. The molecule has 16 heavy (non-hydrogen) atoms. The Bertz CT molecular complexity index is 401. The highest BCUT2D eigenvalue weighted by Crippen LogP contribution is 2.23. The maximum atomic E-state index is 11.2. The molecule has 0 aromatic heterocycles. The molecular weight excluding hydrogens is 200 g/mol. The van der Waals surface area contributed by atoms with E-state index >= 15 is 0 Å². The Hall–Kier alpha value is -1.35. The van der Waals surface area contributed by atoms with Crippen molar-refractivity contribution in [3.8, 4) is 0 Å². The number of amides is 1. The summed E-state index contributed by atoms with van der Waals surface area (Å²) in [5, 5.41) is 2.90. The molecule has 1 aliphatic rings. The quantitative estimate of drug-likeness (QED) is 0.842. The van der Waals surface area contributed by atoms with E-state index in [4.69, 9.17) is 0 Å². The van der Waals surface area contributed by atoms with Crippen LogP contribution < -0.4 is 5.32 Å². The summed E-state index contributed by atoms with van der Waals surface area (Å²) >= 11 is 0. The van der Waals surface area contributed by atoms with Crippen LogP contribution in [0.15, 0.2) is 18.2 Å². The number of carbonyl (C=O) groups excluding carboxylic acids is 1. The average molecular weight is 218 g/mol. The van der Waals surface area contributed by atoms with E-state index in [-0.39, 0.29) is 5.91 Å². The van der Waals surface area contributed by atoms with Gasteiger partial charge >= 0.3 is 0 Å². The van der Waals surface area contributed by atoms with E-state index in [1.165, 1.54) is 11.1 Å². The summed E-state index contributed by atoms with van der Waals surface area (Å²) in [6.45, 7) is 4.17. The summed E-state index contributed by atoms with van der Waals surface area (Å²) in [6.07, 6.45) is 1.48. The van der Waals surface area contributed by atoms with Gasteiger partial charge in [-0.15, -0.1) is 0 Å². The lowest BCUT2D eigenvalue weighted by atomic mass is 10.0. The molecule has 1 amide bonds. The number of hydrogen-bond donors (Lipinski definition) is 1. The van der Waals surface area contributed by atoms with Crippen LogP contribution in [0.4, 0.5) is 5.69 Å². The predicted molar refractivity (Wildman–Crippen MR) is 65.4 cm³/mol. The van der Waals surface area contributed by atoms with Gasteiger partial charge in [-0.05, 0) is 37.2 Å². The maximum Gasteiger partial charge on any atom is 0.224 e. The van der Waals surface area contributed by atoms with Crippen LogP contribution in [-0.2, 0) is 17.8 Å². The lowest BCUT2D eigenvalue weighted by Crippen LogP contribution is -2.20. The van der Waals surface area contributed by atoms with Gasteiger partial charge in [0.2, 0.25) is 5.91 Å². The van der Waals surface area contributed by atoms with Crippen molar-refractivity contribution in [1.82, 2.24) is 4.90 Å². The summed E-state index contributed by atoms with van der Waals surface area (Å²) in [5.41, 5.74) is 3.57. The fourth-order valence-corrected chi connectivity index (χ4v) is 1.96. The number of anilines is 1. The van der Waals surface area contributed by atoms with Gasteiger partial charge in [-0.25, -0.2) is 0 Å². The Balaban J connectivity index is 2.16. The molecule has 0 saturated heterocycles. The Labute approximate surface area is 96.5 Å². The van der Waals surface area contributed by atoms with Crippen molar-refractivity contribution in [3.05, 3.63) is 29.3 Å². The molecule has 0 atom stereocenters. The monoisotopic (exact) mass is 218 g/mol. The third-order valence-electron chi connectivity index (χ3n) is 3.06. The van der Waals surface area contributed by atoms with Gasteiger partial charge in [-0.3, -0.25) is 4.79 Å². The number of nitrogens with one attached hydrogen (secondary N) is 1. The van der Waals surface area contributed by atoms with Crippen LogP contribution in [0.5, 0.6) is 0 Å². The zero-order valence-electron chi connectivity index (χ0n) is 9.92. The summed E-state index contributed by atoms with van der Waals surface area (Å²) in [7, 11) is 2.11. The first-order valence-corrected chi connectivity index (χ1v) is 5.79. The molecule has 3 heteroatoms. The number of fused-ring (bicyclic) bond motifs is 1. The standard InChI is InChI=1S/C13H18N2O/c1-3-15(2)9-10-4-6-12-11(8-10)5-7-13(16)14-12/h4,6,8H,3,5,7,9H2,1-2H3,(H,14,16). The molecule has 1 aliphatic heterocycles. The van der Waals surface area contributed by atoms with Crippen LogP contribution in [-0.4, -0.2) is 24.4 Å². The average Bonchev–Trinajstić information content (AvgIpc) is 2.29. The van der Waals surface area contributed by atoms with E-state index in [0.717, 1.165) is 25.2 Å². The minimum absolute atomic E-state index is 0.130. The molecule has 0 unspecified atom stereocenters. The molecule has 0 aliphatic carbocycles. The Morgan fingerprint density at radius 3 is 2.94 bits per heavy atom. The van der Waals surface area contributed by atoms with Crippen LogP contribution in [0.3, 0.4) is 0 Å². The van der Waals surface area contributed by atoms with Crippen molar-refractivity contribution in [2.75, 3.05) is 18.9 Å². The second-order valence-corrected chi connectivity index (χ2v) is 4.37. The van der Waals surface area contributed by atoms with Crippen molar-refractivity contribution < 1.29 is 4.79 Å². The van der Waals surface area contributed by atoms with Gasteiger partial charge in [0.15, 0.2) is 0 Å². The van der Waals surface area contributed by atoms with Gasteiger partial charge in [0, 0.05) is 18.7 Å². The van der Waals surface area contributed by atoms with Gasteiger partial charge in [0.25, 0.3) is 0 Å². The van der Waals surface area contributed by atoms with Crippen LogP contribution in [0, 0.1) is 0 Å². The molecule has 0 bridgehead atoms. The van der Waals surface area contributed by atoms with E-state index in [0.29, 0.717) is 6.42 Å². The summed E-state index contributed by atoms with van der Waals surface area (Å²) in [6, 6.07) is 6.32. The Morgan fingerprint density at radius 1 is 1.38 bits per heavy atom. The molecule has 0 saturated carbocycles. The largest absolute Gasteiger partial charge is 0.326 e. The molecule has 1 N–H and O–H groups in total. The topological polar surface area (TPSA) is 32.3 Å². The minimum Gasteiger partial charge on any atom is -0.326 e. The smallest absolute Gasteiger partial charge is 0.224 e. The number of hydrogen-bond acceptors (Lipinski definition) is 2. The van der Waals surface area contributed by atoms with E-state index in [1.54, 1.807) is 0 Å². The summed E-state index contributed by atoms with van der Waals surface area (Å²) in [5.74, 6) is 0.130. The molecule has 0 spiro atoms. The highest BCUT2D eigenvalue weighted by atomic mass is 16.1. The molecule has 86 valence electrons. The zero-order chi connectivity index (χ0) is 11.5.